The molecule has 0 atom stereocenters. The number of ether oxygens (including phenoxy) is 1. The van der Waals surface area contributed by atoms with Gasteiger partial charge in [0.05, 0.1) is 6.61 Å². The van der Waals surface area contributed by atoms with Crippen LogP contribution < -0.4 is 0 Å². The highest BCUT2D eigenvalue weighted by Crippen LogP contribution is 2.25. The third-order valence-electron chi connectivity index (χ3n) is 2.58. The van der Waals surface area contributed by atoms with Gasteiger partial charge in [-0.1, -0.05) is 19.9 Å². The molecule has 0 amide bonds. The van der Waals surface area contributed by atoms with Gasteiger partial charge in [0.25, 0.3) is 0 Å². The van der Waals surface area contributed by atoms with Crippen molar-refractivity contribution in [2.45, 2.75) is 26.7 Å². The molecule has 1 rings (SSSR count). The Balaban J connectivity index is 2.39. The minimum Gasteiger partial charge on any atom is -0.504 e. The number of carbonyl (C=O) groups excluding carboxylic acids is 1. The highest BCUT2D eigenvalue weighted by atomic mass is 16.5. The first-order valence-electron chi connectivity index (χ1n) is 6.36. The minimum absolute atomic E-state index is 0.187. The van der Waals surface area contributed by atoms with Gasteiger partial charge in [-0.05, 0) is 42.5 Å². The molecule has 4 heteroatoms. The second kappa shape index (κ2) is 7.46. The molecule has 1 aromatic carbocycles. The van der Waals surface area contributed by atoms with Crippen molar-refractivity contribution in [2.75, 3.05) is 6.61 Å². The van der Waals surface area contributed by atoms with Crippen LogP contribution in [0.4, 0.5) is 0 Å². The smallest absolute Gasteiger partial charge is 0.330 e. The van der Waals surface area contributed by atoms with Crippen molar-refractivity contribution in [1.82, 2.24) is 0 Å². The summed E-state index contributed by atoms with van der Waals surface area (Å²) in [6.45, 7) is 4.67. The fourth-order valence-electron chi connectivity index (χ4n) is 1.52. The van der Waals surface area contributed by atoms with Gasteiger partial charge >= 0.3 is 5.97 Å². The number of aromatic hydroxyl groups is 2. The van der Waals surface area contributed by atoms with Gasteiger partial charge in [-0.15, -0.1) is 0 Å². The molecule has 0 aliphatic heterocycles. The summed E-state index contributed by atoms with van der Waals surface area (Å²) in [4.78, 5) is 11.4. The van der Waals surface area contributed by atoms with Crippen LogP contribution in [-0.4, -0.2) is 22.8 Å². The Morgan fingerprint density at radius 2 is 2.05 bits per heavy atom. The zero-order valence-electron chi connectivity index (χ0n) is 11.3. The molecule has 19 heavy (non-hydrogen) atoms. The topological polar surface area (TPSA) is 66.8 Å². The van der Waals surface area contributed by atoms with Crippen molar-refractivity contribution in [2.24, 2.45) is 5.92 Å². The lowest BCUT2D eigenvalue weighted by Gasteiger charge is -2.04. The predicted octanol–water partition coefficient (Wildman–Crippen LogP) is 3.09. The lowest BCUT2D eigenvalue weighted by molar-refractivity contribution is -0.137. The van der Waals surface area contributed by atoms with Gasteiger partial charge in [-0.3, -0.25) is 0 Å². The predicted molar refractivity (Wildman–Crippen MR) is 73.8 cm³/mol. The van der Waals surface area contributed by atoms with E-state index in [-0.39, 0.29) is 11.5 Å². The van der Waals surface area contributed by atoms with Gasteiger partial charge in [0.1, 0.15) is 0 Å². The molecule has 1 aromatic rings. The Labute approximate surface area is 113 Å². The lowest BCUT2D eigenvalue weighted by atomic mass is 10.1. The normalized spacial score (nSPS) is 11.1. The highest BCUT2D eigenvalue weighted by molar-refractivity contribution is 5.87. The average Bonchev–Trinajstić information content (AvgIpc) is 2.36. The second-order valence-electron chi connectivity index (χ2n) is 4.79. The van der Waals surface area contributed by atoms with Crippen molar-refractivity contribution in [3.8, 4) is 11.5 Å². The summed E-state index contributed by atoms with van der Waals surface area (Å²) in [5.74, 6) is -0.202. The highest BCUT2D eigenvalue weighted by Gasteiger charge is 2.01. The molecule has 0 unspecified atom stereocenters. The third kappa shape index (κ3) is 5.95. The largest absolute Gasteiger partial charge is 0.504 e. The second-order valence-corrected chi connectivity index (χ2v) is 4.79. The maximum atomic E-state index is 11.4. The van der Waals surface area contributed by atoms with Crippen molar-refractivity contribution in [3.05, 3.63) is 29.8 Å². The SMILES string of the molecule is CC(C)CCCOC(=O)C=Cc1ccc(O)c(O)c1. The van der Waals surface area contributed by atoms with Crippen molar-refractivity contribution >= 4 is 12.0 Å². The van der Waals surface area contributed by atoms with Gasteiger partial charge in [0.2, 0.25) is 0 Å². The summed E-state index contributed by atoms with van der Waals surface area (Å²) in [6.07, 6.45) is 4.73. The van der Waals surface area contributed by atoms with E-state index in [2.05, 4.69) is 13.8 Å². The lowest BCUT2D eigenvalue weighted by Crippen LogP contribution is -2.03. The number of benzene rings is 1. The molecule has 104 valence electrons. The monoisotopic (exact) mass is 264 g/mol. The standard InChI is InChI=1S/C15H20O4/c1-11(2)4-3-9-19-15(18)8-6-12-5-7-13(16)14(17)10-12/h5-8,10-11,16-17H,3-4,9H2,1-2H3. The Morgan fingerprint density at radius 1 is 1.32 bits per heavy atom. The maximum Gasteiger partial charge on any atom is 0.330 e. The van der Waals surface area contributed by atoms with Gasteiger partial charge in [-0.2, -0.15) is 0 Å². The summed E-state index contributed by atoms with van der Waals surface area (Å²) >= 11 is 0. The summed E-state index contributed by atoms with van der Waals surface area (Å²) in [7, 11) is 0. The molecule has 0 bridgehead atoms. The van der Waals surface area contributed by atoms with Gasteiger partial charge in [-0.25, -0.2) is 4.79 Å². The molecule has 0 saturated heterocycles. The van der Waals surface area contributed by atoms with Crippen LogP contribution in [-0.2, 0) is 9.53 Å². The summed E-state index contributed by atoms with van der Waals surface area (Å²) < 4.78 is 5.03. The molecule has 0 aliphatic carbocycles. The van der Waals surface area contributed by atoms with Crippen LogP contribution in [0.2, 0.25) is 0 Å². The van der Waals surface area contributed by atoms with Gasteiger partial charge in [0, 0.05) is 6.08 Å². The van der Waals surface area contributed by atoms with Crippen molar-refractivity contribution < 1.29 is 19.7 Å². The molecule has 0 aliphatic rings. The number of rotatable bonds is 6. The van der Waals surface area contributed by atoms with Crippen LogP contribution in [0.15, 0.2) is 24.3 Å². The first-order chi connectivity index (χ1) is 8.99. The van der Waals surface area contributed by atoms with E-state index in [0.717, 1.165) is 12.8 Å². The Kier molecular flexibility index (Phi) is 5.93. The molecule has 0 radical (unpaired) electrons. The van der Waals surface area contributed by atoms with Gasteiger partial charge in [0.15, 0.2) is 11.5 Å². The third-order valence-corrected chi connectivity index (χ3v) is 2.58. The average molecular weight is 264 g/mol. The Hall–Kier alpha value is -1.97. The van der Waals surface area contributed by atoms with E-state index >= 15 is 0 Å². The molecule has 0 saturated carbocycles. The van der Waals surface area contributed by atoms with E-state index in [1.54, 1.807) is 6.07 Å². The van der Waals surface area contributed by atoms with Crippen LogP contribution in [0.3, 0.4) is 0 Å². The van der Waals surface area contributed by atoms with E-state index in [4.69, 9.17) is 9.84 Å². The fraction of sp³-hybridized carbons (Fsp3) is 0.400. The first-order valence-corrected chi connectivity index (χ1v) is 6.36. The van der Waals surface area contributed by atoms with E-state index in [9.17, 15) is 9.90 Å². The number of phenolic OH excluding ortho intramolecular Hbond substituents is 2. The van der Waals surface area contributed by atoms with Gasteiger partial charge < -0.3 is 14.9 Å². The quantitative estimate of drug-likeness (QED) is 0.358. The molecule has 0 fully saturated rings. The summed E-state index contributed by atoms with van der Waals surface area (Å²) in [6, 6.07) is 4.33. The van der Waals surface area contributed by atoms with Crippen LogP contribution in [0.1, 0.15) is 32.3 Å². The summed E-state index contributed by atoms with van der Waals surface area (Å²) in [5, 5.41) is 18.4. The molecule has 0 spiro atoms. The number of phenols is 2. The zero-order chi connectivity index (χ0) is 14.3. The molecular weight excluding hydrogens is 244 g/mol. The van der Waals surface area contributed by atoms with Crippen molar-refractivity contribution in [3.63, 3.8) is 0 Å². The molecule has 4 nitrogen and oxygen atoms in total. The minimum atomic E-state index is -0.406. The van der Waals surface area contributed by atoms with Crippen LogP contribution >= 0.6 is 0 Å². The maximum absolute atomic E-state index is 11.4. The van der Waals surface area contributed by atoms with E-state index in [0.29, 0.717) is 18.1 Å². The number of carbonyl (C=O) groups is 1. The number of hydrogen-bond acceptors (Lipinski definition) is 4. The number of hydrogen-bond donors (Lipinski definition) is 2. The first kappa shape index (κ1) is 15.1. The van der Waals surface area contributed by atoms with Crippen LogP contribution in [0.5, 0.6) is 11.5 Å². The van der Waals surface area contributed by atoms with E-state index < -0.39 is 5.97 Å². The molecular formula is C15H20O4. The molecule has 0 aromatic heterocycles. The Bertz CT molecular complexity index is 449. The Morgan fingerprint density at radius 3 is 2.68 bits per heavy atom. The van der Waals surface area contributed by atoms with Crippen molar-refractivity contribution in [1.29, 1.82) is 0 Å². The van der Waals surface area contributed by atoms with Crippen LogP contribution in [0.25, 0.3) is 6.08 Å². The van der Waals surface area contributed by atoms with E-state index in [1.165, 1.54) is 24.3 Å². The van der Waals surface area contributed by atoms with Crippen LogP contribution in [0, 0.1) is 5.92 Å². The molecule has 2 N–H and O–H groups in total. The number of esters is 1. The zero-order valence-corrected chi connectivity index (χ0v) is 11.3. The molecule has 0 heterocycles. The fourth-order valence-corrected chi connectivity index (χ4v) is 1.52. The summed E-state index contributed by atoms with van der Waals surface area (Å²) in [5.41, 5.74) is 0.620. The van der Waals surface area contributed by atoms with E-state index in [1.807, 2.05) is 0 Å².